The predicted molar refractivity (Wildman–Crippen MR) is 96.0 cm³/mol. The second-order valence-corrected chi connectivity index (χ2v) is 8.10. The zero-order chi connectivity index (χ0) is 16.6. The number of nitrogens with zero attached hydrogens (tertiary/aromatic N) is 2. The van der Waals surface area contributed by atoms with Crippen LogP contribution in [0, 0.1) is 0 Å². The molecule has 1 aromatic rings. The summed E-state index contributed by atoms with van der Waals surface area (Å²) in [6, 6.07) is 5.02. The number of hydrogen-bond acceptors (Lipinski definition) is 4. The van der Waals surface area contributed by atoms with E-state index in [2.05, 4.69) is 0 Å². The van der Waals surface area contributed by atoms with Gasteiger partial charge in [-0.05, 0) is 43.4 Å². The number of anilines is 1. The number of amides is 1. The van der Waals surface area contributed by atoms with Crippen LogP contribution in [0.1, 0.15) is 31.7 Å². The van der Waals surface area contributed by atoms with E-state index < -0.39 is 10.0 Å². The molecular formula is C16H24ClN3O3S. The van der Waals surface area contributed by atoms with E-state index in [-0.39, 0.29) is 29.3 Å². The molecule has 0 radical (unpaired) electrons. The quantitative estimate of drug-likeness (QED) is 0.870. The number of benzene rings is 1. The summed E-state index contributed by atoms with van der Waals surface area (Å²) in [6.07, 6.45) is 3.42. The first kappa shape index (κ1) is 19.2. The third kappa shape index (κ3) is 3.31. The topological polar surface area (TPSA) is 83.7 Å². The number of fused-ring (bicyclic) bond motifs is 1. The molecule has 1 unspecified atom stereocenters. The Balaban J connectivity index is 0.00000208. The zero-order valence-electron chi connectivity index (χ0n) is 13.8. The average molecular weight is 374 g/mol. The van der Waals surface area contributed by atoms with Crippen LogP contribution in [0.25, 0.3) is 0 Å². The fourth-order valence-electron chi connectivity index (χ4n) is 3.54. The SMILES string of the molecule is CC(=O)N1CCCc2ccc(S(=O)(=O)N3CCCC3CN)cc21.Cl. The molecule has 134 valence electrons. The third-order valence-corrected chi connectivity index (χ3v) is 6.71. The van der Waals surface area contributed by atoms with E-state index in [4.69, 9.17) is 5.73 Å². The number of aryl methyl sites for hydroxylation is 1. The van der Waals surface area contributed by atoms with Crippen molar-refractivity contribution in [3.63, 3.8) is 0 Å². The molecule has 24 heavy (non-hydrogen) atoms. The molecule has 2 aliphatic heterocycles. The Morgan fingerprint density at radius 2 is 2.04 bits per heavy atom. The van der Waals surface area contributed by atoms with Crippen molar-refractivity contribution in [1.82, 2.24) is 4.31 Å². The van der Waals surface area contributed by atoms with Crippen LogP contribution in [-0.4, -0.2) is 44.3 Å². The number of carbonyl (C=O) groups excluding carboxylic acids is 1. The molecule has 0 aliphatic carbocycles. The van der Waals surface area contributed by atoms with Crippen molar-refractivity contribution < 1.29 is 13.2 Å². The first-order valence-electron chi connectivity index (χ1n) is 8.08. The first-order valence-corrected chi connectivity index (χ1v) is 9.52. The van der Waals surface area contributed by atoms with Crippen molar-refractivity contribution >= 4 is 34.0 Å². The molecule has 3 rings (SSSR count). The van der Waals surface area contributed by atoms with Gasteiger partial charge < -0.3 is 10.6 Å². The van der Waals surface area contributed by atoms with E-state index in [1.807, 2.05) is 6.07 Å². The standard InChI is InChI=1S/C16H23N3O3S.ClH/c1-12(20)18-8-2-4-13-6-7-15(10-16(13)18)23(21,22)19-9-3-5-14(19)11-17;/h6-7,10,14H,2-5,8-9,11,17H2,1H3;1H. The maximum absolute atomic E-state index is 12.9. The van der Waals surface area contributed by atoms with Gasteiger partial charge in [-0.1, -0.05) is 6.07 Å². The van der Waals surface area contributed by atoms with Crippen molar-refractivity contribution in [2.24, 2.45) is 5.73 Å². The van der Waals surface area contributed by atoms with Gasteiger partial charge in [0.15, 0.2) is 0 Å². The molecule has 1 aromatic carbocycles. The predicted octanol–water partition coefficient (Wildman–Crippen LogP) is 1.52. The van der Waals surface area contributed by atoms with Gasteiger partial charge in [0.05, 0.1) is 4.90 Å². The lowest BCUT2D eigenvalue weighted by atomic mass is 10.0. The van der Waals surface area contributed by atoms with Crippen molar-refractivity contribution in [2.75, 3.05) is 24.5 Å². The Kier molecular flexibility index (Phi) is 5.91. The molecule has 0 aromatic heterocycles. The first-order chi connectivity index (χ1) is 10.9. The molecule has 1 atom stereocenters. The van der Waals surface area contributed by atoms with E-state index in [0.29, 0.717) is 19.6 Å². The summed E-state index contributed by atoms with van der Waals surface area (Å²) in [5.41, 5.74) is 7.47. The van der Waals surface area contributed by atoms with E-state index in [1.54, 1.807) is 17.0 Å². The summed E-state index contributed by atoms with van der Waals surface area (Å²) >= 11 is 0. The lowest BCUT2D eigenvalue weighted by Crippen LogP contribution is -2.40. The van der Waals surface area contributed by atoms with Crippen molar-refractivity contribution in [2.45, 2.75) is 43.5 Å². The number of rotatable bonds is 3. The number of halogens is 1. The molecule has 2 N–H and O–H groups in total. The van der Waals surface area contributed by atoms with Crippen LogP contribution in [0.2, 0.25) is 0 Å². The van der Waals surface area contributed by atoms with Crippen LogP contribution in [0.5, 0.6) is 0 Å². The summed E-state index contributed by atoms with van der Waals surface area (Å²) in [4.78, 5) is 13.7. The Bertz CT molecular complexity index is 723. The van der Waals surface area contributed by atoms with Crippen LogP contribution in [-0.2, 0) is 21.2 Å². The average Bonchev–Trinajstić information content (AvgIpc) is 3.03. The lowest BCUT2D eigenvalue weighted by molar-refractivity contribution is -0.116. The van der Waals surface area contributed by atoms with Gasteiger partial charge in [0, 0.05) is 38.3 Å². The van der Waals surface area contributed by atoms with E-state index in [0.717, 1.165) is 36.9 Å². The summed E-state index contributed by atoms with van der Waals surface area (Å²) < 4.78 is 27.4. The molecule has 2 heterocycles. The normalized spacial score (nSPS) is 21.2. The number of sulfonamides is 1. The second-order valence-electron chi connectivity index (χ2n) is 6.21. The molecule has 2 aliphatic rings. The van der Waals surface area contributed by atoms with Crippen LogP contribution in [0.15, 0.2) is 23.1 Å². The van der Waals surface area contributed by atoms with Gasteiger partial charge in [-0.25, -0.2) is 8.42 Å². The molecule has 0 saturated carbocycles. The number of hydrogen-bond donors (Lipinski definition) is 1. The molecule has 0 spiro atoms. The fraction of sp³-hybridized carbons (Fsp3) is 0.562. The van der Waals surface area contributed by atoms with Crippen LogP contribution in [0.3, 0.4) is 0 Å². The minimum Gasteiger partial charge on any atom is -0.329 e. The Morgan fingerprint density at radius 1 is 1.29 bits per heavy atom. The molecule has 1 amide bonds. The monoisotopic (exact) mass is 373 g/mol. The Hall–Kier alpha value is -1.15. The molecule has 8 heteroatoms. The van der Waals surface area contributed by atoms with E-state index in [1.165, 1.54) is 11.2 Å². The van der Waals surface area contributed by atoms with Gasteiger partial charge in [-0.15, -0.1) is 12.4 Å². The van der Waals surface area contributed by atoms with Gasteiger partial charge in [-0.3, -0.25) is 4.79 Å². The maximum atomic E-state index is 12.9. The Labute approximate surface area is 149 Å². The van der Waals surface area contributed by atoms with E-state index in [9.17, 15) is 13.2 Å². The molecule has 1 fully saturated rings. The van der Waals surface area contributed by atoms with E-state index >= 15 is 0 Å². The highest BCUT2D eigenvalue weighted by molar-refractivity contribution is 7.89. The Morgan fingerprint density at radius 3 is 2.71 bits per heavy atom. The van der Waals surface area contributed by atoms with Crippen LogP contribution >= 0.6 is 12.4 Å². The van der Waals surface area contributed by atoms with Gasteiger partial charge in [0.2, 0.25) is 15.9 Å². The summed E-state index contributed by atoms with van der Waals surface area (Å²) in [5, 5.41) is 0. The largest absolute Gasteiger partial charge is 0.329 e. The fourth-order valence-corrected chi connectivity index (χ4v) is 5.26. The summed E-state index contributed by atoms with van der Waals surface area (Å²) in [5.74, 6) is -0.0542. The van der Waals surface area contributed by atoms with Crippen molar-refractivity contribution in [3.05, 3.63) is 23.8 Å². The lowest BCUT2D eigenvalue weighted by Gasteiger charge is -2.30. The van der Waals surface area contributed by atoms with Gasteiger partial charge >= 0.3 is 0 Å². The van der Waals surface area contributed by atoms with Crippen LogP contribution in [0.4, 0.5) is 5.69 Å². The van der Waals surface area contributed by atoms with Crippen LogP contribution < -0.4 is 10.6 Å². The van der Waals surface area contributed by atoms with Gasteiger partial charge in [0.25, 0.3) is 0 Å². The number of carbonyl (C=O) groups is 1. The van der Waals surface area contributed by atoms with Crippen molar-refractivity contribution in [3.8, 4) is 0 Å². The molecule has 0 bridgehead atoms. The third-order valence-electron chi connectivity index (χ3n) is 4.76. The summed E-state index contributed by atoms with van der Waals surface area (Å²) in [7, 11) is -3.57. The van der Waals surface area contributed by atoms with Gasteiger partial charge in [0.1, 0.15) is 0 Å². The molecular weight excluding hydrogens is 350 g/mol. The maximum Gasteiger partial charge on any atom is 0.243 e. The molecule has 1 saturated heterocycles. The minimum absolute atomic E-state index is 0. The highest BCUT2D eigenvalue weighted by atomic mass is 35.5. The molecule has 6 nitrogen and oxygen atoms in total. The number of nitrogens with two attached hydrogens (primary N) is 1. The second kappa shape index (κ2) is 7.39. The minimum atomic E-state index is -3.57. The smallest absolute Gasteiger partial charge is 0.243 e. The summed E-state index contributed by atoms with van der Waals surface area (Å²) in [6.45, 7) is 3.00. The highest BCUT2D eigenvalue weighted by Crippen LogP contribution is 2.32. The zero-order valence-corrected chi connectivity index (χ0v) is 15.4. The highest BCUT2D eigenvalue weighted by Gasteiger charge is 2.35. The van der Waals surface area contributed by atoms with Gasteiger partial charge in [-0.2, -0.15) is 4.31 Å². The van der Waals surface area contributed by atoms with Crippen molar-refractivity contribution in [1.29, 1.82) is 0 Å².